The van der Waals surface area contributed by atoms with Crippen LogP contribution >= 0.6 is 0 Å². The van der Waals surface area contributed by atoms with Crippen LogP contribution in [0.4, 0.5) is 17.1 Å². The third-order valence-electron chi connectivity index (χ3n) is 12.1. The molecule has 0 bridgehead atoms. The van der Waals surface area contributed by atoms with Crippen molar-refractivity contribution in [2.75, 3.05) is 4.90 Å². The number of para-hydroxylation sites is 5. The first-order valence-corrected chi connectivity index (χ1v) is 19.8. The van der Waals surface area contributed by atoms with E-state index >= 15 is 0 Å². The molecule has 11 rings (SSSR count). The second-order valence-corrected chi connectivity index (χ2v) is 15.6. The molecule has 0 saturated carbocycles. The molecule has 1 aromatic heterocycles. The van der Waals surface area contributed by atoms with Crippen LogP contribution in [0.3, 0.4) is 0 Å². The molecule has 2 heteroatoms. The summed E-state index contributed by atoms with van der Waals surface area (Å²) in [4.78, 5) is 2.49. The van der Waals surface area contributed by atoms with Crippen molar-refractivity contribution in [1.29, 1.82) is 0 Å². The van der Waals surface area contributed by atoms with Crippen LogP contribution in [-0.2, 0) is 5.41 Å². The minimum Gasteiger partial charge on any atom is -0.455 e. The number of hydrogen-bond donors (Lipinski definition) is 0. The average molecular weight is 730 g/mol. The first-order chi connectivity index (χ1) is 28.1. The molecule has 1 heterocycles. The smallest absolute Gasteiger partial charge is 0.143 e. The van der Waals surface area contributed by atoms with Crippen molar-refractivity contribution in [1.82, 2.24) is 0 Å². The highest BCUT2D eigenvalue weighted by atomic mass is 16.3. The second-order valence-electron chi connectivity index (χ2n) is 15.6. The van der Waals surface area contributed by atoms with Crippen molar-refractivity contribution in [3.05, 3.63) is 211 Å². The molecule has 2 nitrogen and oxygen atoms in total. The summed E-state index contributed by atoms with van der Waals surface area (Å²) in [6.45, 7) is 4.71. The highest BCUT2D eigenvalue weighted by molar-refractivity contribution is 6.12. The van der Waals surface area contributed by atoms with Crippen LogP contribution in [0.1, 0.15) is 25.0 Å². The number of fused-ring (bicyclic) bond motifs is 7. The Morgan fingerprint density at radius 1 is 0.351 bits per heavy atom. The number of anilines is 3. The molecule has 0 fully saturated rings. The van der Waals surface area contributed by atoms with Gasteiger partial charge in [0, 0.05) is 38.4 Å². The fourth-order valence-corrected chi connectivity index (χ4v) is 9.48. The van der Waals surface area contributed by atoms with Gasteiger partial charge in [0.1, 0.15) is 11.2 Å². The summed E-state index contributed by atoms with van der Waals surface area (Å²) in [7, 11) is 0. The lowest BCUT2D eigenvalue weighted by Crippen LogP contribution is -2.15. The molecule has 1 aliphatic carbocycles. The zero-order valence-corrected chi connectivity index (χ0v) is 31.9. The SMILES string of the molecule is CC1(C)c2ccccc2-c2c(-c3ccccc3N(c3ccccc3-c3cccc4ccccc34)c3ccccc3-c3cccc4c3oc3ccccc34)cccc21. The summed E-state index contributed by atoms with van der Waals surface area (Å²) in [5.74, 6) is 0. The highest BCUT2D eigenvalue weighted by Gasteiger charge is 2.37. The predicted molar refractivity (Wildman–Crippen MR) is 240 cm³/mol. The van der Waals surface area contributed by atoms with Crippen LogP contribution in [0.5, 0.6) is 0 Å². The Labute approximate surface area is 332 Å². The van der Waals surface area contributed by atoms with Gasteiger partial charge in [-0.05, 0) is 68.4 Å². The van der Waals surface area contributed by atoms with Gasteiger partial charge in [-0.3, -0.25) is 0 Å². The molecule has 57 heavy (non-hydrogen) atoms. The summed E-state index contributed by atoms with van der Waals surface area (Å²) in [6.07, 6.45) is 0. The zero-order valence-electron chi connectivity index (χ0n) is 31.9. The van der Waals surface area contributed by atoms with Crippen molar-refractivity contribution in [3.63, 3.8) is 0 Å². The molecular formula is C55H39NO. The Hall–Kier alpha value is -7.16. The standard InChI is InChI=1S/C55H39NO/c1-55(2)47-30-10-5-25-46(47)53-43(27-17-31-48(53)55)40-22-7-12-33-50(40)56(49-32-11-6-21-39(49)38-26-15-19-36-18-3-4-20-37(36)38)51-34-13-8-23-41(51)44-28-16-29-45-42-24-9-14-35-52(42)57-54(44)45/h3-35H,1-2H3. The highest BCUT2D eigenvalue weighted by Crippen LogP contribution is 2.55. The van der Waals surface area contributed by atoms with Crippen molar-refractivity contribution in [2.24, 2.45) is 0 Å². The van der Waals surface area contributed by atoms with Crippen LogP contribution in [0, 0.1) is 0 Å². The average Bonchev–Trinajstić information content (AvgIpc) is 3.76. The molecule has 270 valence electrons. The lowest BCUT2D eigenvalue weighted by molar-refractivity contribution is 0.660. The van der Waals surface area contributed by atoms with Gasteiger partial charge in [0.15, 0.2) is 0 Å². The normalized spacial score (nSPS) is 12.9. The van der Waals surface area contributed by atoms with E-state index in [9.17, 15) is 0 Å². The summed E-state index contributed by atoms with van der Waals surface area (Å²) in [5.41, 5.74) is 17.2. The van der Waals surface area contributed by atoms with E-state index < -0.39 is 0 Å². The Kier molecular flexibility index (Phi) is 7.55. The fraction of sp³-hybridized carbons (Fsp3) is 0.0545. The molecule has 0 spiro atoms. The summed E-state index contributed by atoms with van der Waals surface area (Å²) in [5, 5.41) is 4.68. The van der Waals surface area contributed by atoms with E-state index in [0.717, 1.165) is 55.7 Å². The lowest BCUT2D eigenvalue weighted by atomic mass is 9.82. The Balaban J connectivity index is 1.22. The number of rotatable bonds is 6. The van der Waals surface area contributed by atoms with Gasteiger partial charge in [-0.1, -0.05) is 190 Å². The number of nitrogens with zero attached hydrogens (tertiary/aromatic N) is 1. The van der Waals surface area contributed by atoms with Crippen LogP contribution in [-0.4, -0.2) is 0 Å². The maximum Gasteiger partial charge on any atom is 0.143 e. The van der Waals surface area contributed by atoms with Crippen molar-refractivity contribution >= 4 is 49.8 Å². The molecule has 0 radical (unpaired) electrons. The molecule has 0 N–H and O–H groups in total. The maximum absolute atomic E-state index is 6.70. The van der Waals surface area contributed by atoms with Gasteiger partial charge < -0.3 is 9.32 Å². The quantitative estimate of drug-likeness (QED) is 0.169. The maximum atomic E-state index is 6.70. The van der Waals surface area contributed by atoms with Crippen LogP contribution in [0.2, 0.25) is 0 Å². The topological polar surface area (TPSA) is 16.4 Å². The van der Waals surface area contributed by atoms with Crippen LogP contribution < -0.4 is 4.90 Å². The van der Waals surface area contributed by atoms with Crippen molar-refractivity contribution < 1.29 is 4.42 Å². The molecule has 1 aliphatic rings. The van der Waals surface area contributed by atoms with E-state index in [2.05, 4.69) is 213 Å². The van der Waals surface area contributed by atoms with Crippen molar-refractivity contribution in [3.8, 4) is 44.5 Å². The van der Waals surface area contributed by atoms with Gasteiger partial charge in [-0.2, -0.15) is 0 Å². The Morgan fingerprint density at radius 2 is 0.807 bits per heavy atom. The van der Waals surface area contributed by atoms with Gasteiger partial charge in [0.2, 0.25) is 0 Å². The molecule has 0 atom stereocenters. The summed E-state index contributed by atoms with van der Waals surface area (Å²) in [6, 6.07) is 72.7. The van der Waals surface area contributed by atoms with E-state index in [1.807, 2.05) is 6.07 Å². The second kappa shape index (κ2) is 13.0. The number of hydrogen-bond acceptors (Lipinski definition) is 2. The summed E-state index contributed by atoms with van der Waals surface area (Å²) >= 11 is 0. The largest absolute Gasteiger partial charge is 0.455 e. The monoisotopic (exact) mass is 729 g/mol. The van der Waals surface area contributed by atoms with Gasteiger partial charge in [-0.15, -0.1) is 0 Å². The fourth-order valence-electron chi connectivity index (χ4n) is 9.48. The van der Waals surface area contributed by atoms with E-state index in [1.165, 1.54) is 49.7 Å². The molecule has 0 unspecified atom stereocenters. The van der Waals surface area contributed by atoms with E-state index in [0.29, 0.717) is 0 Å². The molecule has 10 aromatic rings. The molecule has 0 saturated heterocycles. The van der Waals surface area contributed by atoms with Crippen LogP contribution in [0.15, 0.2) is 205 Å². The van der Waals surface area contributed by atoms with Crippen molar-refractivity contribution in [2.45, 2.75) is 19.3 Å². The third-order valence-corrected chi connectivity index (χ3v) is 12.1. The Bertz CT molecular complexity index is 3180. The van der Waals surface area contributed by atoms with Gasteiger partial charge in [0.05, 0.1) is 17.1 Å². The molecule has 0 aliphatic heterocycles. The number of furan rings is 1. The Morgan fingerprint density at radius 3 is 1.56 bits per heavy atom. The first kappa shape index (κ1) is 33.2. The van der Waals surface area contributed by atoms with E-state index in [4.69, 9.17) is 4.42 Å². The minimum atomic E-state index is -0.116. The number of benzene rings is 9. The van der Waals surface area contributed by atoms with E-state index in [1.54, 1.807) is 0 Å². The third kappa shape index (κ3) is 5.11. The first-order valence-electron chi connectivity index (χ1n) is 19.8. The molecule has 9 aromatic carbocycles. The zero-order chi connectivity index (χ0) is 38.1. The van der Waals surface area contributed by atoms with Gasteiger partial charge in [-0.25, -0.2) is 0 Å². The minimum absolute atomic E-state index is 0.116. The van der Waals surface area contributed by atoms with E-state index in [-0.39, 0.29) is 5.41 Å². The van der Waals surface area contributed by atoms with Gasteiger partial charge >= 0.3 is 0 Å². The van der Waals surface area contributed by atoms with Gasteiger partial charge in [0.25, 0.3) is 0 Å². The molecule has 0 amide bonds. The van der Waals surface area contributed by atoms with Crippen LogP contribution in [0.25, 0.3) is 77.2 Å². The molecular weight excluding hydrogens is 691 g/mol. The predicted octanol–water partition coefficient (Wildman–Crippen LogP) is 15.5. The lowest BCUT2D eigenvalue weighted by Gasteiger charge is -2.32. The summed E-state index contributed by atoms with van der Waals surface area (Å²) < 4.78 is 6.70.